The van der Waals surface area contributed by atoms with Crippen LogP contribution in [0.15, 0.2) is 36.4 Å². The van der Waals surface area contributed by atoms with Crippen LogP contribution >= 0.6 is 0 Å². The van der Waals surface area contributed by atoms with Gasteiger partial charge in [-0.25, -0.2) is 0 Å². The number of hydrogen-bond acceptors (Lipinski definition) is 2. The Hall–Kier alpha value is -1.87. The summed E-state index contributed by atoms with van der Waals surface area (Å²) in [6.45, 7) is 6.02. The first-order valence-electron chi connectivity index (χ1n) is 7.94. The monoisotopic (exact) mass is 298 g/mol. The molecule has 0 atom stereocenters. The highest BCUT2D eigenvalue weighted by atomic mass is 16.1. The normalized spacial score (nSPS) is 11.4. The summed E-state index contributed by atoms with van der Waals surface area (Å²) in [4.78, 5) is 14.5. The van der Waals surface area contributed by atoms with E-state index in [0.29, 0.717) is 12.5 Å². The summed E-state index contributed by atoms with van der Waals surface area (Å²) in [5.74, 6) is 0.415. The van der Waals surface area contributed by atoms with Crippen LogP contribution in [0.4, 0.5) is 0 Å². The Labute approximate surface area is 133 Å². The van der Waals surface area contributed by atoms with Gasteiger partial charge in [0.25, 0.3) is 5.91 Å². The van der Waals surface area contributed by atoms with Crippen LogP contribution in [0, 0.1) is 0 Å². The summed E-state index contributed by atoms with van der Waals surface area (Å²) in [5.41, 5.74) is 1.99. The predicted octanol–water partition coefficient (Wildman–Crippen LogP) is 3.64. The van der Waals surface area contributed by atoms with E-state index in [-0.39, 0.29) is 5.91 Å². The van der Waals surface area contributed by atoms with Crippen LogP contribution < -0.4 is 5.32 Å². The van der Waals surface area contributed by atoms with Gasteiger partial charge in [0.15, 0.2) is 0 Å². The Morgan fingerprint density at radius 1 is 1.18 bits per heavy atom. The fraction of sp³-hybridized carbons (Fsp3) is 0.421. The fourth-order valence-corrected chi connectivity index (χ4v) is 2.65. The Bertz CT molecular complexity index is 647. The number of fused-ring (bicyclic) bond motifs is 1. The Morgan fingerprint density at radius 2 is 1.91 bits per heavy atom. The van der Waals surface area contributed by atoms with Crippen molar-refractivity contribution in [1.29, 1.82) is 0 Å². The van der Waals surface area contributed by atoms with Crippen molar-refractivity contribution in [2.45, 2.75) is 26.2 Å². The van der Waals surface area contributed by atoms with Crippen LogP contribution in [0.1, 0.15) is 42.1 Å². The first-order valence-corrected chi connectivity index (χ1v) is 7.94. The lowest BCUT2D eigenvalue weighted by Crippen LogP contribution is -2.27. The van der Waals surface area contributed by atoms with Gasteiger partial charge in [-0.1, -0.05) is 38.1 Å². The lowest BCUT2D eigenvalue weighted by molar-refractivity contribution is 0.0952. The quantitative estimate of drug-likeness (QED) is 0.826. The molecule has 0 saturated carbocycles. The van der Waals surface area contributed by atoms with Crippen molar-refractivity contribution in [2.75, 3.05) is 27.2 Å². The molecule has 2 rings (SSSR count). The lowest BCUT2D eigenvalue weighted by Gasteiger charge is -2.14. The molecule has 0 radical (unpaired) electrons. The molecule has 0 unspecified atom stereocenters. The van der Waals surface area contributed by atoms with E-state index in [9.17, 15) is 4.79 Å². The molecule has 0 saturated heterocycles. The number of hydrogen-bond donors (Lipinski definition) is 1. The third kappa shape index (κ3) is 4.08. The molecule has 3 nitrogen and oxygen atoms in total. The summed E-state index contributed by atoms with van der Waals surface area (Å²) in [7, 11) is 4.08. The van der Waals surface area contributed by atoms with Gasteiger partial charge in [0.05, 0.1) is 0 Å². The zero-order valence-corrected chi connectivity index (χ0v) is 14.0. The molecule has 0 spiro atoms. The molecule has 0 heterocycles. The van der Waals surface area contributed by atoms with Crippen molar-refractivity contribution in [3.05, 3.63) is 47.5 Å². The van der Waals surface area contributed by atoms with Gasteiger partial charge in [-0.15, -0.1) is 0 Å². The molecule has 22 heavy (non-hydrogen) atoms. The molecule has 118 valence electrons. The number of rotatable bonds is 6. The van der Waals surface area contributed by atoms with Crippen LogP contribution in [-0.2, 0) is 0 Å². The van der Waals surface area contributed by atoms with E-state index in [0.717, 1.165) is 23.9 Å². The fourth-order valence-electron chi connectivity index (χ4n) is 2.65. The summed E-state index contributed by atoms with van der Waals surface area (Å²) in [6.07, 6.45) is 0.962. The number of carbonyl (C=O) groups excluding carboxylic acids is 1. The SMILES string of the molecule is CC(C)c1cc(C(=O)NCCCN(C)C)cc2ccccc12. The second-order valence-corrected chi connectivity index (χ2v) is 6.35. The van der Waals surface area contributed by atoms with Crippen molar-refractivity contribution >= 4 is 16.7 Å². The van der Waals surface area contributed by atoms with Gasteiger partial charge in [0, 0.05) is 12.1 Å². The van der Waals surface area contributed by atoms with E-state index in [1.165, 1.54) is 10.9 Å². The number of nitrogens with zero attached hydrogens (tertiary/aromatic N) is 1. The van der Waals surface area contributed by atoms with E-state index in [4.69, 9.17) is 0 Å². The number of benzene rings is 2. The van der Waals surface area contributed by atoms with Gasteiger partial charge in [0.1, 0.15) is 0 Å². The number of amides is 1. The zero-order valence-electron chi connectivity index (χ0n) is 14.0. The molecule has 0 fully saturated rings. The van der Waals surface area contributed by atoms with Crippen LogP contribution in [0.3, 0.4) is 0 Å². The highest BCUT2D eigenvalue weighted by Gasteiger charge is 2.11. The second kappa shape index (κ2) is 7.41. The van der Waals surface area contributed by atoms with Crippen LogP contribution in [0.5, 0.6) is 0 Å². The van der Waals surface area contributed by atoms with E-state index in [1.807, 2.05) is 32.3 Å². The largest absolute Gasteiger partial charge is 0.352 e. The minimum absolute atomic E-state index is 0.0198. The Kier molecular flexibility index (Phi) is 5.56. The summed E-state index contributed by atoms with van der Waals surface area (Å²) < 4.78 is 0. The number of carbonyl (C=O) groups is 1. The minimum atomic E-state index is 0.0198. The molecular weight excluding hydrogens is 272 g/mol. The molecule has 0 aliphatic carbocycles. The van der Waals surface area contributed by atoms with E-state index in [2.05, 4.69) is 42.3 Å². The Morgan fingerprint density at radius 3 is 2.59 bits per heavy atom. The average molecular weight is 298 g/mol. The maximum Gasteiger partial charge on any atom is 0.251 e. The van der Waals surface area contributed by atoms with Gasteiger partial charge in [0.2, 0.25) is 0 Å². The highest BCUT2D eigenvalue weighted by molar-refractivity contribution is 5.99. The van der Waals surface area contributed by atoms with Crippen LogP contribution in [0.2, 0.25) is 0 Å². The predicted molar refractivity (Wildman–Crippen MR) is 93.5 cm³/mol. The summed E-state index contributed by atoms with van der Waals surface area (Å²) >= 11 is 0. The topological polar surface area (TPSA) is 32.3 Å². The van der Waals surface area contributed by atoms with Gasteiger partial charge in [-0.05, 0) is 61.4 Å². The van der Waals surface area contributed by atoms with E-state index >= 15 is 0 Å². The molecule has 2 aromatic carbocycles. The molecule has 0 aliphatic rings. The van der Waals surface area contributed by atoms with Gasteiger partial charge in [-0.3, -0.25) is 4.79 Å². The van der Waals surface area contributed by atoms with Gasteiger partial charge >= 0.3 is 0 Å². The molecule has 1 amide bonds. The van der Waals surface area contributed by atoms with E-state index in [1.54, 1.807) is 0 Å². The molecule has 0 aromatic heterocycles. The van der Waals surface area contributed by atoms with Crippen molar-refractivity contribution < 1.29 is 4.79 Å². The van der Waals surface area contributed by atoms with Gasteiger partial charge < -0.3 is 10.2 Å². The standard InChI is InChI=1S/C19H26N2O/c1-14(2)18-13-16(12-15-8-5-6-9-17(15)18)19(22)20-10-7-11-21(3)4/h5-6,8-9,12-14H,7,10-11H2,1-4H3,(H,20,22). The van der Waals surface area contributed by atoms with Crippen molar-refractivity contribution in [2.24, 2.45) is 0 Å². The molecule has 0 aliphatic heterocycles. The molecule has 2 aromatic rings. The minimum Gasteiger partial charge on any atom is -0.352 e. The molecule has 0 bridgehead atoms. The first-order chi connectivity index (χ1) is 10.5. The second-order valence-electron chi connectivity index (χ2n) is 6.35. The van der Waals surface area contributed by atoms with Crippen molar-refractivity contribution in [3.63, 3.8) is 0 Å². The molecule has 1 N–H and O–H groups in total. The lowest BCUT2D eigenvalue weighted by atomic mass is 9.93. The Balaban J connectivity index is 2.18. The van der Waals surface area contributed by atoms with Crippen molar-refractivity contribution in [1.82, 2.24) is 10.2 Å². The maximum absolute atomic E-state index is 12.4. The van der Waals surface area contributed by atoms with E-state index < -0.39 is 0 Å². The summed E-state index contributed by atoms with van der Waals surface area (Å²) in [6, 6.07) is 12.3. The summed E-state index contributed by atoms with van der Waals surface area (Å²) in [5, 5.41) is 5.39. The molecular formula is C19H26N2O. The highest BCUT2D eigenvalue weighted by Crippen LogP contribution is 2.27. The first kappa shape index (κ1) is 16.5. The third-order valence-electron chi connectivity index (χ3n) is 3.85. The zero-order chi connectivity index (χ0) is 16.1. The van der Waals surface area contributed by atoms with Crippen LogP contribution in [-0.4, -0.2) is 38.0 Å². The number of nitrogens with one attached hydrogen (secondary N) is 1. The van der Waals surface area contributed by atoms with Crippen LogP contribution in [0.25, 0.3) is 10.8 Å². The third-order valence-corrected chi connectivity index (χ3v) is 3.85. The molecule has 3 heteroatoms. The average Bonchev–Trinajstić information content (AvgIpc) is 2.49. The van der Waals surface area contributed by atoms with Gasteiger partial charge in [-0.2, -0.15) is 0 Å². The maximum atomic E-state index is 12.4. The van der Waals surface area contributed by atoms with Crippen molar-refractivity contribution in [3.8, 4) is 0 Å². The smallest absolute Gasteiger partial charge is 0.251 e.